The van der Waals surface area contributed by atoms with Gasteiger partial charge in [-0.2, -0.15) is 0 Å². The number of amides is 1. The number of allylic oxidation sites excluding steroid dienone is 5. The second kappa shape index (κ2) is 16.8. The summed E-state index contributed by atoms with van der Waals surface area (Å²) in [6.45, 7) is 12.0. The topological polar surface area (TPSA) is 99.2 Å². The van der Waals surface area contributed by atoms with Gasteiger partial charge in [0.2, 0.25) is 0 Å². The minimum absolute atomic E-state index is 0.0395. The molecule has 1 aromatic carbocycles. The first-order chi connectivity index (χ1) is 19.7. The Morgan fingerprint density at radius 1 is 1.17 bits per heavy atom. The zero-order valence-corrected chi connectivity index (χ0v) is 26.3. The van der Waals surface area contributed by atoms with Crippen LogP contribution in [0.3, 0.4) is 0 Å². The standard InChI is InChI=1S/C35H52FNO5/c1-7-8-18-29-31(42-29)32(37-33(41)27-16-10-9-11-17-27)35(6,36)21-13-15-26(3)23-25(2)14-12-20-34(4,5)22-19-28(38)24-30(39)40/h9-17,21,25,28-29,31-32,38H,7-8,18-20,22-24H2,1-6H3,(H,37,41)(H,39,40)/b14-12+,21-13+,26-15+. The summed E-state index contributed by atoms with van der Waals surface area (Å²) in [7, 11) is 0. The summed E-state index contributed by atoms with van der Waals surface area (Å²) in [6, 6.07) is 8.06. The molecule has 0 spiro atoms. The van der Waals surface area contributed by atoms with E-state index in [4.69, 9.17) is 9.84 Å². The summed E-state index contributed by atoms with van der Waals surface area (Å²) in [5, 5.41) is 21.6. The van der Waals surface area contributed by atoms with Crippen LogP contribution in [-0.4, -0.2) is 52.1 Å². The number of carboxylic acids is 1. The van der Waals surface area contributed by atoms with Crippen molar-refractivity contribution in [1.29, 1.82) is 0 Å². The van der Waals surface area contributed by atoms with Gasteiger partial charge in [0, 0.05) is 5.56 Å². The molecule has 1 aliphatic heterocycles. The molecule has 1 fully saturated rings. The molecule has 0 radical (unpaired) electrons. The van der Waals surface area contributed by atoms with E-state index in [9.17, 15) is 14.7 Å². The fraction of sp³-hybridized carbons (Fsp3) is 0.600. The molecule has 0 bridgehead atoms. The van der Waals surface area contributed by atoms with Crippen molar-refractivity contribution in [2.45, 2.75) is 123 Å². The van der Waals surface area contributed by atoms with Crippen LogP contribution in [-0.2, 0) is 9.53 Å². The van der Waals surface area contributed by atoms with Gasteiger partial charge in [-0.3, -0.25) is 9.59 Å². The number of unbranched alkanes of at least 4 members (excludes halogenated alkanes) is 1. The van der Waals surface area contributed by atoms with Crippen LogP contribution < -0.4 is 5.32 Å². The van der Waals surface area contributed by atoms with Crippen LogP contribution in [0.4, 0.5) is 4.39 Å². The van der Waals surface area contributed by atoms with Crippen molar-refractivity contribution in [2.24, 2.45) is 11.3 Å². The number of rotatable bonds is 19. The van der Waals surface area contributed by atoms with Crippen LogP contribution in [0.2, 0.25) is 0 Å². The lowest BCUT2D eigenvalue weighted by atomic mass is 9.82. The Hall–Kier alpha value is -2.77. The maximum absolute atomic E-state index is 16.1. The highest BCUT2D eigenvalue weighted by Crippen LogP contribution is 2.36. The van der Waals surface area contributed by atoms with Crippen molar-refractivity contribution in [3.63, 3.8) is 0 Å². The van der Waals surface area contributed by atoms with Gasteiger partial charge in [-0.15, -0.1) is 0 Å². The summed E-state index contributed by atoms with van der Waals surface area (Å²) in [6.07, 6.45) is 13.8. The molecule has 6 unspecified atom stereocenters. The molecule has 1 aliphatic rings. The molecule has 1 saturated heterocycles. The molecule has 0 aliphatic carbocycles. The average Bonchev–Trinajstić information content (AvgIpc) is 3.68. The Kier molecular flexibility index (Phi) is 14.1. The summed E-state index contributed by atoms with van der Waals surface area (Å²) in [5.74, 6) is -1.00. The fourth-order valence-corrected chi connectivity index (χ4v) is 5.18. The van der Waals surface area contributed by atoms with E-state index in [1.807, 2.05) is 19.1 Å². The van der Waals surface area contributed by atoms with Gasteiger partial charge in [0.1, 0.15) is 11.8 Å². The van der Waals surface area contributed by atoms with Crippen molar-refractivity contribution >= 4 is 11.9 Å². The van der Waals surface area contributed by atoms with Gasteiger partial charge >= 0.3 is 5.97 Å². The maximum Gasteiger partial charge on any atom is 0.305 e. The third-order valence-corrected chi connectivity index (χ3v) is 7.87. The summed E-state index contributed by atoms with van der Waals surface area (Å²) >= 11 is 0. The highest BCUT2D eigenvalue weighted by atomic mass is 19.1. The van der Waals surface area contributed by atoms with Gasteiger partial charge in [0.25, 0.3) is 5.91 Å². The first kappa shape index (κ1) is 35.4. The minimum Gasteiger partial charge on any atom is -0.481 e. The Balaban J connectivity index is 1.95. The number of aliphatic carboxylic acids is 1. The van der Waals surface area contributed by atoms with Crippen LogP contribution in [0.25, 0.3) is 0 Å². The van der Waals surface area contributed by atoms with E-state index >= 15 is 4.39 Å². The molecule has 42 heavy (non-hydrogen) atoms. The van der Waals surface area contributed by atoms with Gasteiger partial charge in [-0.1, -0.05) is 88.6 Å². The van der Waals surface area contributed by atoms with Crippen LogP contribution >= 0.6 is 0 Å². The molecule has 2 rings (SSSR count). The molecule has 6 nitrogen and oxygen atoms in total. The molecule has 0 aromatic heterocycles. The minimum atomic E-state index is -1.80. The normalized spacial score (nSPS) is 21.2. The van der Waals surface area contributed by atoms with Gasteiger partial charge in [-0.25, -0.2) is 4.39 Å². The van der Waals surface area contributed by atoms with E-state index in [0.717, 1.165) is 44.1 Å². The van der Waals surface area contributed by atoms with E-state index in [-0.39, 0.29) is 35.9 Å². The zero-order valence-electron chi connectivity index (χ0n) is 26.3. The summed E-state index contributed by atoms with van der Waals surface area (Å²) < 4.78 is 22.0. The third kappa shape index (κ3) is 13.0. The van der Waals surface area contributed by atoms with Crippen molar-refractivity contribution in [1.82, 2.24) is 5.32 Å². The molecule has 1 heterocycles. The van der Waals surface area contributed by atoms with Crippen LogP contribution in [0.5, 0.6) is 0 Å². The van der Waals surface area contributed by atoms with E-state index in [2.05, 4.69) is 45.2 Å². The number of carboxylic acid groups (broad SMARTS) is 1. The predicted octanol–water partition coefficient (Wildman–Crippen LogP) is 7.59. The molecular weight excluding hydrogens is 533 g/mol. The number of benzene rings is 1. The number of aliphatic hydroxyl groups excluding tert-OH is 1. The largest absolute Gasteiger partial charge is 0.481 e. The maximum atomic E-state index is 16.1. The van der Waals surface area contributed by atoms with Crippen molar-refractivity contribution < 1.29 is 28.9 Å². The first-order valence-electron chi connectivity index (χ1n) is 15.4. The number of ether oxygens (including phenoxy) is 1. The number of alkyl halides is 1. The van der Waals surface area contributed by atoms with Crippen molar-refractivity contribution in [3.05, 3.63) is 71.8 Å². The lowest BCUT2D eigenvalue weighted by Gasteiger charge is -2.28. The number of aliphatic hydroxyl groups is 1. The number of carbonyl (C=O) groups excluding carboxylic acids is 1. The van der Waals surface area contributed by atoms with Crippen molar-refractivity contribution in [2.75, 3.05) is 0 Å². The van der Waals surface area contributed by atoms with Crippen LogP contribution in [0.1, 0.15) is 103 Å². The Bertz CT molecular complexity index is 1080. The smallest absolute Gasteiger partial charge is 0.305 e. The Morgan fingerprint density at radius 3 is 2.50 bits per heavy atom. The van der Waals surface area contributed by atoms with Gasteiger partial charge in [0.05, 0.1) is 24.7 Å². The van der Waals surface area contributed by atoms with E-state index in [0.29, 0.717) is 12.0 Å². The molecular formula is C35H52FNO5. The van der Waals surface area contributed by atoms with Crippen LogP contribution in [0, 0.1) is 11.3 Å². The summed E-state index contributed by atoms with van der Waals surface area (Å²) in [4.78, 5) is 23.7. The highest BCUT2D eigenvalue weighted by molar-refractivity contribution is 5.94. The molecule has 6 atom stereocenters. The molecule has 234 valence electrons. The second-order valence-corrected chi connectivity index (χ2v) is 12.9. The van der Waals surface area contributed by atoms with Crippen molar-refractivity contribution in [3.8, 4) is 0 Å². The SMILES string of the molecule is CCCCC1OC1C(NC(=O)c1ccccc1)C(C)(F)/C=C/C=C(\C)CC(C)/C=C/CC(C)(C)CCC(O)CC(=O)O. The molecule has 0 saturated carbocycles. The molecule has 1 aromatic rings. The third-order valence-electron chi connectivity index (χ3n) is 7.87. The lowest BCUT2D eigenvalue weighted by molar-refractivity contribution is -0.139. The Morgan fingerprint density at radius 2 is 1.86 bits per heavy atom. The summed E-state index contributed by atoms with van der Waals surface area (Å²) in [5.41, 5.74) is -0.238. The van der Waals surface area contributed by atoms with E-state index in [1.54, 1.807) is 30.3 Å². The van der Waals surface area contributed by atoms with E-state index in [1.165, 1.54) is 13.0 Å². The number of epoxide rings is 1. The number of nitrogens with one attached hydrogen (secondary N) is 1. The number of halogens is 1. The fourth-order valence-electron chi connectivity index (χ4n) is 5.18. The second-order valence-electron chi connectivity index (χ2n) is 12.9. The molecule has 1 amide bonds. The number of hydrogen-bond acceptors (Lipinski definition) is 4. The molecule has 7 heteroatoms. The number of carbonyl (C=O) groups is 2. The van der Waals surface area contributed by atoms with Gasteiger partial charge in [0.15, 0.2) is 0 Å². The highest BCUT2D eigenvalue weighted by Gasteiger charge is 2.52. The monoisotopic (exact) mass is 585 g/mol. The Labute approximate surface area is 252 Å². The lowest BCUT2D eigenvalue weighted by Crippen LogP contribution is -2.51. The van der Waals surface area contributed by atoms with Gasteiger partial charge < -0.3 is 20.3 Å². The first-order valence-corrected chi connectivity index (χ1v) is 15.4. The molecule has 3 N–H and O–H groups in total. The quantitative estimate of drug-likeness (QED) is 0.0883. The van der Waals surface area contributed by atoms with E-state index < -0.39 is 23.8 Å². The number of hydrogen-bond donors (Lipinski definition) is 3. The van der Waals surface area contributed by atoms with Gasteiger partial charge in [-0.05, 0) is 75.5 Å². The van der Waals surface area contributed by atoms with Crippen LogP contribution in [0.15, 0.2) is 66.3 Å². The predicted molar refractivity (Wildman–Crippen MR) is 167 cm³/mol. The zero-order chi connectivity index (χ0) is 31.3. The average molecular weight is 586 g/mol.